The third-order valence-electron chi connectivity index (χ3n) is 5.15. The van der Waals surface area contributed by atoms with Gasteiger partial charge in [-0.15, -0.1) is 0 Å². The van der Waals surface area contributed by atoms with Crippen LogP contribution in [-0.4, -0.2) is 60.7 Å². The molecule has 154 valence electrons. The van der Waals surface area contributed by atoms with E-state index in [2.05, 4.69) is 46.4 Å². The standard InChI is InChI=1S/C22H43NO3/c1-21(2,3)24-15-9-7-8-12-23-13-10-18(11-14-23)25-19-16-20(17-19)26-22(4,5)6/h18-20H,7-17H2,1-6H3. The van der Waals surface area contributed by atoms with E-state index in [-0.39, 0.29) is 11.2 Å². The summed E-state index contributed by atoms with van der Waals surface area (Å²) in [6.45, 7) is 17.3. The second kappa shape index (κ2) is 9.86. The fourth-order valence-corrected chi connectivity index (χ4v) is 3.76. The third kappa shape index (κ3) is 9.16. The number of hydrogen-bond donors (Lipinski definition) is 0. The van der Waals surface area contributed by atoms with E-state index in [1.54, 1.807) is 0 Å². The zero-order valence-corrected chi connectivity index (χ0v) is 18.2. The summed E-state index contributed by atoms with van der Waals surface area (Å²) in [4.78, 5) is 2.61. The predicted octanol–water partition coefficient (Wildman–Crippen LogP) is 4.80. The number of rotatable bonds is 9. The van der Waals surface area contributed by atoms with E-state index in [1.807, 2.05) is 0 Å². The minimum absolute atomic E-state index is 0.00120. The molecule has 0 spiro atoms. The Morgan fingerprint density at radius 1 is 0.769 bits per heavy atom. The molecule has 0 aromatic carbocycles. The molecule has 4 heteroatoms. The van der Waals surface area contributed by atoms with Gasteiger partial charge in [0, 0.05) is 19.7 Å². The van der Waals surface area contributed by atoms with Gasteiger partial charge in [-0.2, -0.15) is 0 Å². The van der Waals surface area contributed by atoms with Crippen LogP contribution in [0.25, 0.3) is 0 Å². The van der Waals surface area contributed by atoms with Crippen LogP contribution in [0.3, 0.4) is 0 Å². The van der Waals surface area contributed by atoms with Gasteiger partial charge < -0.3 is 19.1 Å². The Hall–Kier alpha value is -0.160. The average Bonchev–Trinajstić information content (AvgIpc) is 2.48. The largest absolute Gasteiger partial charge is 0.376 e. The highest BCUT2D eigenvalue weighted by Gasteiger charge is 2.35. The van der Waals surface area contributed by atoms with Crippen molar-refractivity contribution < 1.29 is 14.2 Å². The summed E-state index contributed by atoms with van der Waals surface area (Å²) >= 11 is 0. The Kier molecular flexibility index (Phi) is 8.39. The molecule has 0 aromatic heterocycles. The molecular weight excluding hydrogens is 326 g/mol. The highest BCUT2D eigenvalue weighted by molar-refractivity contribution is 4.85. The van der Waals surface area contributed by atoms with Crippen LogP contribution in [-0.2, 0) is 14.2 Å². The van der Waals surface area contributed by atoms with Crippen molar-refractivity contribution in [3.63, 3.8) is 0 Å². The molecule has 2 rings (SSSR count). The number of piperidine rings is 1. The van der Waals surface area contributed by atoms with Crippen LogP contribution in [0.4, 0.5) is 0 Å². The number of unbranched alkanes of at least 4 members (excludes halogenated alkanes) is 2. The second-order valence-electron chi connectivity index (χ2n) is 10.1. The molecule has 1 saturated carbocycles. The second-order valence-corrected chi connectivity index (χ2v) is 10.1. The lowest BCUT2D eigenvalue weighted by Gasteiger charge is -2.42. The molecule has 2 aliphatic rings. The van der Waals surface area contributed by atoms with Crippen LogP contribution in [0.15, 0.2) is 0 Å². The molecule has 26 heavy (non-hydrogen) atoms. The van der Waals surface area contributed by atoms with Gasteiger partial charge in [-0.05, 0) is 93.0 Å². The van der Waals surface area contributed by atoms with Gasteiger partial charge in [-0.25, -0.2) is 0 Å². The Bertz CT molecular complexity index is 385. The van der Waals surface area contributed by atoms with E-state index in [0.29, 0.717) is 18.3 Å². The van der Waals surface area contributed by atoms with E-state index >= 15 is 0 Å². The van der Waals surface area contributed by atoms with Crippen LogP contribution in [0.1, 0.15) is 86.5 Å². The van der Waals surface area contributed by atoms with Crippen molar-refractivity contribution in [2.24, 2.45) is 0 Å². The van der Waals surface area contributed by atoms with E-state index in [1.165, 1.54) is 51.7 Å². The summed E-state index contributed by atoms with van der Waals surface area (Å²) in [7, 11) is 0. The molecule has 0 N–H and O–H groups in total. The first kappa shape index (κ1) is 22.1. The minimum atomic E-state index is -0.0279. The van der Waals surface area contributed by atoms with Crippen LogP contribution in [0.2, 0.25) is 0 Å². The molecule has 0 amide bonds. The highest BCUT2D eigenvalue weighted by atomic mass is 16.5. The van der Waals surface area contributed by atoms with Crippen LogP contribution >= 0.6 is 0 Å². The van der Waals surface area contributed by atoms with Crippen LogP contribution in [0, 0.1) is 0 Å². The lowest BCUT2D eigenvalue weighted by atomic mass is 9.90. The fraction of sp³-hybridized carbons (Fsp3) is 1.00. The Balaban J connectivity index is 1.46. The molecule has 0 radical (unpaired) electrons. The molecule has 0 bridgehead atoms. The number of likely N-dealkylation sites (tertiary alicyclic amines) is 1. The SMILES string of the molecule is CC(C)(C)OCCCCCN1CCC(OC2CC(OC(C)(C)C)C2)CC1. The lowest BCUT2D eigenvalue weighted by Crippen LogP contribution is -2.45. The number of ether oxygens (including phenoxy) is 3. The maximum Gasteiger partial charge on any atom is 0.0631 e. The van der Waals surface area contributed by atoms with Crippen molar-refractivity contribution in [2.75, 3.05) is 26.2 Å². The van der Waals surface area contributed by atoms with Gasteiger partial charge in [0.15, 0.2) is 0 Å². The topological polar surface area (TPSA) is 30.9 Å². The van der Waals surface area contributed by atoms with Gasteiger partial charge in [0.1, 0.15) is 0 Å². The summed E-state index contributed by atoms with van der Waals surface area (Å²) in [5, 5.41) is 0. The maximum atomic E-state index is 6.29. The van der Waals surface area contributed by atoms with Crippen molar-refractivity contribution in [3.05, 3.63) is 0 Å². The molecule has 1 aliphatic heterocycles. The molecule has 1 saturated heterocycles. The first-order valence-corrected chi connectivity index (χ1v) is 10.8. The van der Waals surface area contributed by atoms with Crippen molar-refractivity contribution >= 4 is 0 Å². The maximum absolute atomic E-state index is 6.29. The zero-order chi connectivity index (χ0) is 19.2. The fourth-order valence-electron chi connectivity index (χ4n) is 3.76. The first-order valence-electron chi connectivity index (χ1n) is 10.8. The molecule has 1 heterocycles. The van der Waals surface area contributed by atoms with Gasteiger partial charge >= 0.3 is 0 Å². The molecule has 2 fully saturated rings. The summed E-state index contributed by atoms with van der Waals surface area (Å²) in [6, 6.07) is 0. The van der Waals surface area contributed by atoms with Gasteiger partial charge in [0.25, 0.3) is 0 Å². The highest BCUT2D eigenvalue weighted by Crippen LogP contribution is 2.32. The van der Waals surface area contributed by atoms with Crippen molar-refractivity contribution in [2.45, 2.75) is 116 Å². The molecule has 4 nitrogen and oxygen atoms in total. The Morgan fingerprint density at radius 3 is 2.00 bits per heavy atom. The lowest BCUT2D eigenvalue weighted by molar-refractivity contribution is -0.167. The molecular formula is C22H43NO3. The van der Waals surface area contributed by atoms with Crippen LogP contribution < -0.4 is 0 Å². The minimum Gasteiger partial charge on any atom is -0.376 e. The predicted molar refractivity (Wildman–Crippen MR) is 108 cm³/mol. The zero-order valence-electron chi connectivity index (χ0n) is 18.2. The first-order chi connectivity index (χ1) is 12.1. The average molecular weight is 370 g/mol. The van der Waals surface area contributed by atoms with Gasteiger partial charge in [0.2, 0.25) is 0 Å². The number of hydrogen-bond acceptors (Lipinski definition) is 4. The molecule has 1 aliphatic carbocycles. The van der Waals surface area contributed by atoms with Crippen molar-refractivity contribution in [3.8, 4) is 0 Å². The Labute approximate surface area is 161 Å². The normalized spacial score (nSPS) is 26.1. The van der Waals surface area contributed by atoms with Gasteiger partial charge in [0.05, 0.1) is 29.5 Å². The monoisotopic (exact) mass is 369 g/mol. The van der Waals surface area contributed by atoms with E-state index < -0.39 is 0 Å². The third-order valence-corrected chi connectivity index (χ3v) is 5.15. The smallest absolute Gasteiger partial charge is 0.0631 e. The summed E-state index contributed by atoms with van der Waals surface area (Å²) in [5.41, 5.74) is -0.0267. The van der Waals surface area contributed by atoms with Gasteiger partial charge in [-0.3, -0.25) is 0 Å². The van der Waals surface area contributed by atoms with Crippen molar-refractivity contribution in [1.82, 2.24) is 4.90 Å². The molecule has 0 aromatic rings. The van der Waals surface area contributed by atoms with E-state index in [0.717, 1.165) is 19.4 Å². The van der Waals surface area contributed by atoms with Crippen LogP contribution in [0.5, 0.6) is 0 Å². The van der Waals surface area contributed by atoms with E-state index in [4.69, 9.17) is 14.2 Å². The number of nitrogens with zero attached hydrogens (tertiary/aromatic N) is 1. The Morgan fingerprint density at radius 2 is 1.42 bits per heavy atom. The van der Waals surface area contributed by atoms with Gasteiger partial charge in [-0.1, -0.05) is 0 Å². The quantitative estimate of drug-likeness (QED) is 0.546. The summed E-state index contributed by atoms with van der Waals surface area (Å²) in [5.74, 6) is 0. The van der Waals surface area contributed by atoms with E-state index in [9.17, 15) is 0 Å². The van der Waals surface area contributed by atoms with Crippen molar-refractivity contribution in [1.29, 1.82) is 0 Å². The molecule has 0 unspecified atom stereocenters. The molecule has 0 atom stereocenters. The summed E-state index contributed by atoms with van der Waals surface area (Å²) < 4.78 is 18.1. The summed E-state index contributed by atoms with van der Waals surface area (Å²) in [6.07, 6.45) is 9.56.